The van der Waals surface area contributed by atoms with Crippen LogP contribution in [0.25, 0.3) is 0 Å². The van der Waals surface area contributed by atoms with Crippen LogP contribution >= 0.6 is 0 Å². The van der Waals surface area contributed by atoms with Crippen molar-refractivity contribution in [2.45, 2.75) is 25.9 Å². The second-order valence-electron chi connectivity index (χ2n) is 4.61. The number of nitro benzene ring substituents is 1. The lowest BCUT2D eigenvalue weighted by molar-refractivity contribution is -0.387. The molecule has 19 heavy (non-hydrogen) atoms. The second-order valence-corrected chi connectivity index (χ2v) is 4.61. The Morgan fingerprint density at radius 3 is 3.05 bits per heavy atom. The van der Waals surface area contributed by atoms with Crippen molar-refractivity contribution in [3.8, 4) is 0 Å². The van der Waals surface area contributed by atoms with Crippen molar-refractivity contribution < 1.29 is 14.1 Å². The van der Waals surface area contributed by atoms with Gasteiger partial charge in [-0.1, -0.05) is 19.1 Å². The lowest BCUT2D eigenvalue weighted by Gasteiger charge is -2.35. The molecular formula is C13H17FN2O3. The Morgan fingerprint density at radius 2 is 2.37 bits per heavy atom. The molecule has 0 saturated carbocycles. The number of nitro groups is 1. The molecule has 1 aliphatic rings. The summed E-state index contributed by atoms with van der Waals surface area (Å²) in [6.07, 6.45) is 0.913. The maximum absolute atomic E-state index is 14.0. The van der Waals surface area contributed by atoms with Crippen LogP contribution in [0, 0.1) is 15.9 Å². The van der Waals surface area contributed by atoms with Gasteiger partial charge in [-0.2, -0.15) is 4.39 Å². The second kappa shape index (κ2) is 6.08. The number of halogens is 1. The summed E-state index contributed by atoms with van der Waals surface area (Å²) in [6.45, 7) is 4.41. The molecule has 1 aliphatic heterocycles. The van der Waals surface area contributed by atoms with Gasteiger partial charge in [-0.3, -0.25) is 15.0 Å². The lowest BCUT2D eigenvalue weighted by Crippen LogP contribution is -2.44. The first kappa shape index (κ1) is 13.9. The summed E-state index contributed by atoms with van der Waals surface area (Å²) in [5.74, 6) is -0.728. The monoisotopic (exact) mass is 268 g/mol. The maximum Gasteiger partial charge on any atom is 0.305 e. The highest BCUT2D eigenvalue weighted by Gasteiger charge is 2.24. The maximum atomic E-state index is 14.0. The molecule has 1 unspecified atom stereocenters. The molecule has 0 bridgehead atoms. The van der Waals surface area contributed by atoms with Crippen molar-refractivity contribution in [2.24, 2.45) is 0 Å². The van der Waals surface area contributed by atoms with Crippen molar-refractivity contribution in [1.29, 1.82) is 0 Å². The van der Waals surface area contributed by atoms with Gasteiger partial charge in [-0.25, -0.2) is 0 Å². The minimum atomic E-state index is -0.728. The van der Waals surface area contributed by atoms with Crippen LogP contribution in [0.15, 0.2) is 18.2 Å². The van der Waals surface area contributed by atoms with Gasteiger partial charge in [0.2, 0.25) is 5.82 Å². The van der Waals surface area contributed by atoms with E-state index in [0.29, 0.717) is 25.3 Å². The van der Waals surface area contributed by atoms with E-state index in [1.165, 1.54) is 12.1 Å². The molecule has 1 heterocycles. The highest BCUT2D eigenvalue weighted by atomic mass is 19.1. The number of benzene rings is 1. The summed E-state index contributed by atoms with van der Waals surface area (Å²) in [6, 6.07) is 4.56. The first-order valence-corrected chi connectivity index (χ1v) is 6.37. The third kappa shape index (κ3) is 3.08. The third-order valence-electron chi connectivity index (χ3n) is 3.45. The molecule has 0 N–H and O–H groups in total. The van der Waals surface area contributed by atoms with Gasteiger partial charge in [0.1, 0.15) is 0 Å². The average Bonchev–Trinajstić information content (AvgIpc) is 2.41. The Labute approximate surface area is 111 Å². The fourth-order valence-corrected chi connectivity index (χ4v) is 2.32. The highest BCUT2D eigenvalue weighted by molar-refractivity contribution is 5.36. The van der Waals surface area contributed by atoms with Gasteiger partial charge in [0.05, 0.1) is 18.1 Å². The number of morpholine rings is 1. The minimum absolute atomic E-state index is 0.243. The van der Waals surface area contributed by atoms with Crippen molar-refractivity contribution in [2.75, 3.05) is 19.8 Å². The van der Waals surface area contributed by atoms with E-state index in [2.05, 4.69) is 11.8 Å². The molecule has 1 aromatic carbocycles. The van der Waals surface area contributed by atoms with E-state index in [0.717, 1.165) is 13.0 Å². The van der Waals surface area contributed by atoms with Gasteiger partial charge in [-0.05, 0) is 6.42 Å². The molecule has 0 amide bonds. The van der Waals surface area contributed by atoms with Crippen molar-refractivity contribution in [3.63, 3.8) is 0 Å². The molecule has 1 saturated heterocycles. The topological polar surface area (TPSA) is 55.6 Å². The average molecular weight is 268 g/mol. The standard InChI is InChI=1S/C13H17FN2O3/c1-2-11-9-19-7-6-15(11)8-10-4-3-5-12(13(10)14)16(17)18/h3-5,11H,2,6-9H2,1H3. The number of nitrogens with zero attached hydrogens (tertiary/aromatic N) is 2. The largest absolute Gasteiger partial charge is 0.378 e. The van der Waals surface area contributed by atoms with Gasteiger partial charge in [0, 0.05) is 30.8 Å². The van der Waals surface area contributed by atoms with E-state index >= 15 is 0 Å². The van der Waals surface area contributed by atoms with Crippen molar-refractivity contribution >= 4 is 5.69 Å². The predicted molar refractivity (Wildman–Crippen MR) is 68.4 cm³/mol. The summed E-state index contributed by atoms with van der Waals surface area (Å²) in [5, 5.41) is 10.7. The molecular weight excluding hydrogens is 251 g/mol. The fraction of sp³-hybridized carbons (Fsp3) is 0.538. The van der Waals surface area contributed by atoms with Gasteiger partial charge in [-0.15, -0.1) is 0 Å². The Hall–Kier alpha value is -1.53. The van der Waals surface area contributed by atoms with Gasteiger partial charge < -0.3 is 4.74 Å². The van der Waals surface area contributed by atoms with E-state index in [9.17, 15) is 14.5 Å². The Balaban J connectivity index is 2.18. The zero-order valence-electron chi connectivity index (χ0n) is 10.8. The first-order valence-electron chi connectivity index (χ1n) is 6.37. The third-order valence-corrected chi connectivity index (χ3v) is 3.45. The van der Waals surface area contributed by atoms with Crippen LogP contribution in [0.3, 0.4) is 0 Å². The summed E-state index contributed by atoms with van der Waals surface area (Å²) in [7, 11) is 0. The number of hydrogen-bond acceptors (Lipinski definition) is 4. The van der Waals surface area contributed by atoms with Crippen molar-refractivity contribution in [1.82, 2.24) is 4.90 Å². The van der Waals surface area contributed by atoms with Crippen LogP contribution in [0.1, 0.15) is 18.9 Å². The molecule has 0 radical (unpaired) electrons. The van der Waals surface area contributed by atoms with Crippen molar-refractivity contribution in [3.05, 3.63) is 39.7 Å². The summed E-state index contributed by atoms with van der Waals surface area (Å²) in [4.78, 5) is 12.2. The zero-order chi connectivity index (χ0) is 13.8. The van der Waals surface area contributed by atoms with Crippen LogP contribution in [-0.2, 0) is 11.3 Å². The molecule has 2 rings (SSSR count). The summed E-state index contributed by atoms with van der Waals surface area (Å²) < 4.78 is 19.4. The summed E-state index contributed by atoms with van der Waals surface area (Å²) >= 11 is 0. The van der Waals surface area contributed by atoms with Crippen LogP contribution < -0.4 is 0 Å². The number of hydrogen-bond donors (Lipinski definition) is 0. The fourth-order valence-electron chi connectivity index (χ4n) is 2.32. The van der Waals surface area contributed by atoms with E-state index in [-0.39, 0.29) is 6.04 Å². The van der Waals surface area contributed by atoms with E-state index in [4.69, 9.17) is 4.74 Å². The lowest BCUT2D eigenvalue weighted by atomic mass is 10.1. The zero-order valence-corrected chi connectivity index (χ0v) is 10.8. The van der Waals surface area contributed by atoms with Gasteiger partial charge in [0.15, 0.2) is 0 Å². The SMILES string of the molecule is CCC1COCCN1Cc1cccc([N+](=O)[O-])c1F. The van der Waals surface area contributed by atoms with Crippen LogP contribution in [-0.4, -0.2) is 35.6 Å². The Kier molecular flexibility index (Phi) is 4.44. The van der Waals surface area contributed by atoms with E-state index in [1.807, 2.05) is 0 Å². The molecule has 1 aromatic rings. The van der Waals surface area contributed by atoms with Gasteiger partial charge >= 0.3 is 5.69 Å². The van der Waals surface area contributed by atoms with E-state index < -0.39 is 16.4 Å². The molecule has 1 fully saturated rings. The predicted octanol–water partition coefficient (Wildman–Crippen LogP) is 2.34. The molecule has 6 heteroatoms. The highest BCUT2D eigenvalue weighted by Crippen LogP contribution is 2.23. The molecule has 0 aliphatic carbocycles. The van der Waals surface area contributed by atoms with Crippen LogP contribution in [0.2, 0.25) is 0 Å². The molecule has 0 aromatic heterocycles. The molecule has 1 atom stereocenters. The number of rotatable bonds is 4. The van der Waals surface area contributed by atoms with Gasteiger partial charge in [0.25, 0.3) is 0 Å². The smallest absolute Gasteiger partial charge is 0.305 e. The number of ether oxygens (including phenoxy) is 1. The molecule has 0 spiro atoms. The summed E-state index contributed by atoms with van der Waals surface area (Å²) in [5.41, 5.74) is -0.0895. The first-order chi connectivity index (χ1) is 9.13. The minimum Gasteiger partial charge on any atom is -0.378 e. The van der Waals surface area contributed by atoms with Crippen LogP contribution in [0.5, 0.6) is 0 Å². The Morgan fingerprint density at radius 1 is 1.58 bits per heavy atom. The normalized spacial score (nSPS) is 20.4. The van der Waals surface area contributed by atoms with Crippen LogP contribution in [0.4, 0.5) is 10.1 Å². The Bertz CT molecular complexity index is 467. The van der Waals surface area contributed by atoms with E-state index in [1.54, 1.807) is 6.07 Å². The quantitative estimate of drug-likeness (QED) is 0.621. The molecule has 104 valence electrons. The molecule has 5 nitrogen and oxygen atoms in total.